The molecule has 1 aromatic heterocycles. The molecule has 1 aliphatic carbocycles. The van der Waals surface area contributed by atoms with Crippen LogP contribution in [0, 0.1) is 21.4 Å². The number of aromatic nitrogens is 3. The van der Waals surface area contributed by atoms with Crippen LogP contribution in [0.25, 0.3) is 5.69 Å². The lowest BCUT2D eigenvalue weighted by atomic mass is 9.69. The molecule has 1 aromatic carbocycles. The summed E-state index contributed by atoms with van der Waals surface area (Å²) < 4.78 is 1.32. The van der Waals surface area contributed by atoms with Gasteiger partial charge in [-0.25, -0.2) is 9.67 Å². The number of rotatable bonds is 4. The van der Waals surface area contributed by atoms with Gasteiger partial charge in [0.1, 0.15) is 18.3 Å². The molecule has 0 bridgehead atoms. The lowest BCUT2D eigenvalue weighted by Gasteiger charge is -2.40. The minimum atomic E-state index is -0.508. The number of benzene rings is 1. The first-order chi connectivity index (χ1) is 12.8. The summed E-state index contributed by atoms with van der Waals surface area (Å²) in [6.45, 7) is 6.58. The van der Waals surface area contributed by atoms with E-state index in [0.29, 0.717) is 5.92 Å². The second-order valence-electron chi connectivity index (χ2n) is 8.14. The van der Waals surface area contributed by atoms with Crippen molar-refractivity contribution in [3.8, 4) is 5.69 Å². The average molecular weight is 371 g/mol. The summed E-state index contributed by atoms with van der Waals surface area (Å²) in [6.07, 6.45) is 6.97. The van der Waals surface area contributed by atoms with E-state index in [0.717, 1.165) is 19.3 Å². The monoisotopic (exact) mass is 371 g/mol. The van der Waals surface area contributed by atoms with Gasteiger partial charge in [-0.3, -0.25) is 14.9 Å². The molecule has 144 valence electrons. The average Bonchev–Trinajstić information content (AvgIpc) is 3.15. The third-order valence-electron chi connectivity index (χ3n) is 5.29. The first-order valence-electron chi connectivity index (χ1n) is 9.21. The van der Waals surface area contributed by atoms with Gasteiger partial charge < -0.3 is 5.32 Å². The Morgan fingerprint density at radius 1 is 1.30 bits per heavy atom. The molecule has 0 radical (unpaired) electrons. The largest absolute Gasteiger partial charge is 0.349 e. The van der Waals surface area contributed by atoms with Gasteiger partial charge in [0, 0.05) is 17.7 Å². The highest BCUT2D eigenvalue weighted by molar-refractivity contribution is 5.95. The van der Waals surface area contributed by atoms with Crippen LogP contribution in [0.1, 0.15) is 56.8 Å². The maximum absolute atomic E-state index is 12.8. The minimum Gasteiger partial charge on any atom is -0.349 e. The number of hydrogen-bond acceptors (Lipinski definition) is 5. The van der Waals surface area contributed by atoms with Gasteiger partial charge in [-0.2, -0.15) is 5.10 Å². The predicted octanol–water partition coefficient (Wildman–Crippen LogP) is 3.51. The van der Waals surface area contributed by atoms with E-state index in [1.807, 2.05) is 0 Å². The van der Waals surface area contributed by atoms with Crippen molar-refractivity contribution in [3.05, 3.63) is 46.5 Å². The van der Waals surface area contributed by atoms with Gasteiger partial charge in [0.25, 0.3) is 11.6 Å². The van der Waals surface area contributed by atoms with Gasteiger partial charge in [0.05, 0.1) is 4.92 Å². The molecular formula is C19H25N5O3. The lowest BCUT2D eigenvalue weighted by Crippen LogP contribution is -2.46. The van der Waals surface area contributed by atoms with Crippen molar-refractivity contribution in [2.75, 3.05) is 0 Å². The van der Waals surface area contributed by atoms with Crippen LogP contribution >= 0.6 is 0 Å². The van der Waals surface area contributed by atoms with E-state index < -0.39 is 4.92 Å². The molecule has 2 atom stereocenters. The standard InChI is InChI=1S/C19H25N5O3/c1-19(2,3)14-6-4-5-7-15(14)22-18(25)13-8-9-16(17(10-13)24(26)27)23-12-20-11-21-23/h8-12,14-15H,4-7H2,1-3H3,(H,22,25). The number of nitrogens with zero attached hydrogens (tertiary/aromatic N) is 4. The highest BCUT2D eigenvalue weighted by atomic mass is 16.6. The van der Waals surface area contributed by atoms with Crippen LogP contribution in [-0.2, 0) is 0 Å². The zero-order valence-corrected chi connectivity index (χ0v) is 15.9. The van der Waals surface area contributed by atoms with Crippen molar-refractivity contribution in [1.82, 2.24) is 20.1 Å². The molecule has 2 aromatic rings. The number of hydrogen-bond donors (Lipinski definition) is 1. The Morgan fingerprint density at radius 3 is 2.67 bits per heavy atom. The lowest BCUT2D eigenvalue weighted by molar-refractivity contribution is -0.384. The van der Waals surface area contributed by atoms with Gasteiger partial charge >= 0.3 is 0 Å². The fourth-order valence-corrected chi connectivity index (χ4v) is 3.93. The molecule has 0 aliphatic heterocycles. The van der Waals surface area contributed by atoms with Crippen LogP contribution in [0.15, 0.2) is 30.9 Å². The fraction of sp³-hybridized carbons (Fsp3) is 0.526. The number of nitro groups is 1. The van der Waals surface area contributed by atoms with Crippen molar-refractivity contribution in [3.63, 3.8) is 0 Å². The van der Waals surface area contributed by atoms with E-state index in [1.54, 1.807) is 6.07 Å². The molecule has 2 unspecified atom stereocenters. The molecule has 1 heterocycles. The van der Waals surface area contributed by atoms with Crippen molar-refractivity contribution in [1.29, 1.82) is 0 Å². The number of carbonyl (C=O) groups is 1. The minimum absolute atomic E-state index is 0.0836. The Balaban J connectivity index is 1.84. The number of carbonyl (C=O) groups excluding carboxylic acids is 1. The third kappa shape index (κ3) is 4.15. The molecule has 8 nitrogen and oxygen atoms in total. The molecule has 1 N–H and O–H groups in total. The Morgan fingerprint density at radius 2 is 2.04 bits per heavy atom. The van der Waals surface area contributed by atoms with Crippen molar-refractivity contribution >= 4 is 11.6 Å². The van der Waals surface area contributed by atoms with Gasteiger partial charge in [0.15, 0.2) is 0 Å². The fourth-order valence-electron chi connectivity index (χ4n) is 3.93. The highest BCUT2D eigenvalue weighted by Crippen LogP contribution is 2.38. The summed E-state index contributed by atoms with van der Waals surface area (Å²) in [7, 11) is 0. The zero-order valence-electron chi connectivity index (χ0n) is 15.9. The molecule has 0 saturated heterocycles. The highest BCUT2D eigenvalue weighted by Gasteiger charge is 2.35. The Labute approximate surface area is 158 Å². The molecule has 27 heavy (non-hydrogen) atoms. The van der Waals surface area contributed by atoms with Crippen molar-refractivity contribution < 1.29 is 9.72 Å². The van der Waals surface area contributed by atoms with E-state index in [1.165, 1.54) is 35.9 Å². The summed E-state index contributed by atoms with van der Waals surface area (Å²) >= 11 is 0. The molecule has 1 saturated carbocycles. The quantitative estimate of drug-likeness (QED) is 0.654. The second kappa shape index (κ2) is 7.46. The number of amides is 1. The molecule has 0 spiro atoms. The summed E-state index contributed by atoms with van der Waals surface area (Å²) in [4.78, 5) is 27.6. The molecule has 1 fully saturated rings. The summed E-state index contributed by atoms with van der Waals surface area (Å²) in [5.74, 6) is 0.115. The van der Waals surface area contributed by atoms with Crippen LogP contribution in [-0.4, -0.2) is 31.6 Å². The topological polar surface area (TPSA) is 103 Å². The smallest absolute Gasteiger partial charge is 0.295 e. The van der Waals surface area contributed by atoms with E-state index in [9.17, 15) is 14.9 Å². The third-order valence-corrected chi connectivity index (χ3v) is 5.29. The van der Waals surface area contributed by atoms with Crippen LogP contribution in [0.5, 0.6) is 0 Å². The van der Waals surface area contributed by atoms with Gasteiger partial charge in [-0.05, 0) is 36.3 Å². The summed E-state index contributed by atoms with van der Waals surface area (Å²) in [5.41, 5.74) is 0.480. The van der Waals surface area contributed by atoms with Crippen molar-refractivity contribution in [2.45, 2.75) is 52.5 Å². The Kier molecular flexibility index (Phi) is 5.25. The Hall–Kier alpha value is -2.77. The van der Waals surface area contributed by atoms with Gasteiger partial charge in [0.2, 0.25) is 0 Å². The van der Waals surface area contributed by atoms with E-state index >= 15 is 0 Å². The molecule has 8 heteroatoms. The maximum atomic E-state index is 12.8. The molecular weight excluding hydrogens is 346 g/mol. The summed E-state index contributed by atoms with van der Waals surface area (Å²) in [5, 5.41) is 18.5. The van der Waals surface area contributed by atoms with E-state index in [-0.39, 0.29) is 34.3 Å². The zero-order chi connectivity index (χ0) is 19.6. The normalized spacial score (nSPS) is 20.3. The molecule has 1 amide bonds. The van der Waals surface area contributed by atoms with Gasteiger partial charge in [-0.15, -0.1) is 0 Å². The molecule has 1 aliphatic rings. The number of nitro benzene ring substituents is 1. The van der Waals surface area contributed by atoms with E-state index in [2.05, 4.69) is 36.2 Å². The number of nitrogens with one attached hydrogen (secondary N) is 1. The first-order valence-corrected chi connectivity index (χ1v) is 9.21. The maximum Gasteiger partial charge on any atom is 0.295 e. The predicted molar refractivity (Wildman–Crippen MR) is 101 cm³/mol. The SMILES string of the molecule is CC(C)(C)C1CCCCC1NC(=O)c1ccc(-n2cncn2)c([N+](=O)[O-])c1. The first kappa shape index (κ1) is 19.0. The van der Waals surface area contributed by atoms with Crippen LogP contribution in [0.3, 0.4) is 0 Å². The van der Waals surface area contributed by atoms with Crippen molar-refractivity contribution in [2.24, 2.45) is 11.3 Å². The van der Waals surface area contributed by atoms with Crippen LogP contribution < -0.4 is 5.32 Å². The van der Waals surface area contributed by atoms with Crippen LogP contribution in [0.4, 0.5) is 5.69 Å². The Bertz CT molecular complexity index is 826. The second-order valence-corrected chi connectivity index (χ2v) is 8.14. The van der Waals surface area contributed by atoms with Gasteiger partial charge in [-0.1, -0.05) is 33.6 Å². The summed E-state index contributed by atoms with van der Waals surface area (Å²) in [6, 6.07) is 4.51. The van der Waals surface area contributed by atoms with Crippen LogP contribution in [0.2, 0.25) is 0 Å². The van der Waals surface area contributed by atoms with E-state index in [4.69, 9.17) is 0 Å². The molecule has 3 rings (SSSR count).